The van der Waals surface area contributed by atoms with Gasteiger partial charge in [-0.1, -0.05) is 36.9 Å². The van der Waals surface area contributed by atoms with Gasteiger partial charge in [0, 0.05) is 15.2 Å². The zero-order valence-electron chi connectivity index (χ0n) is 11.0. The van der Waals surface area contributed by atoms with Gasteiger partial charge in [-0.15, -0.1) is 11.3 Å². The number of fused-ring (bicyclic) bond motifs is 1. The van der Waals surface area contributed by atoms with Crippen LogP contribution in [-0.4, -0.2) is 9.97 Å². The Bertz CT molecular complexity index is 725. The maximum absolute atomic E-state index is 5.46. The van der Waals surface area contributed by atoms with E-state index in [-0.39, 0.29) is 0 Å². The molecule has 0 atom stereocenters. The molecule has 3 aromatic rings. The molecule has 0 saturated carbocycles. The van der Waals surface area contributed by atoms with Gasteiger partial charge in [0.15, 0.2) is 0 Å². The number of hydrogen-bond donors (Lipinski definition) is 2. The van der Waals surface area contributed by atoms with Gasteiger partial charge in [-0.3, -0.25) is 5.43 Å². The largest absolute Gasteiger partial charge is 0.292 e. The van der Waals surface area contributed by atoms with Crippen molar-refractivity contribution in [3.05, 3.63) is 41.3 Å². The summed E-state index contributed by atoms with van der Waals surface area (Å²) in [6, 6.07) is 12.4. The number of nitrogens with zero attached hydrogens (tertiary/aromatic N) is 2. The van der Waals surface area contributed by atoms with Crippen LogP contribution in [0.2, 0.25) is 0 Å². The van der Waals surface area contributed by atoms with E-state index in [1.165, 1.54) is 4.88 Å². The SMILES string of the molecule is CCc1cc2c(Sc3ccccc3)nc(NN)nc2s1. The van der Waals surface area contributed by atoms with Crippen molar-refractivity contribution < 1.29 is 0 Å². The lowest BCUT2D eigenvalue weighted by Crippen LogP contribution is -2.10. The van der Waals surface area contributed by atoms with Crippen LogP contribution in [0.25, 0.3) is 10.2 Å². The summed E-state index contributed by atoms with van der Waals surface area (Å²) in [6.07, 6.45) is 1.00. The lowest BCUT2D eigenvalue weighted by atomic mass is 10.3. The van der Waals surface area contributed by atoms with E-state index in [0.717, 1.165) is 26.6 Å². The van der Waals surface area contributed by atoms with Crippen molar-refractivity contribution in [3.63, 3.8) is 0 Å². The first-order chi connectivity index (χ1) is 9.80. The average molecular weight is 302 g/mol. The van der Waals surface area contributed by atoms with Crippen molar-refractivity contribution in [1.29, 1.82) is 0 Å². The molecule has 102 valence electrons. The van der Waals surface area contributed by atoms with Gasteiger partial charge in [0.1, 0.15) is 9.86 Å². The summed E-state index contributed by atoms with van der Waals surface area (Å²) in [5.41, 5.74) is 2.54. The van der Waals surface area contributed by atoms with Crippen LogP contribution < -0.4 is 11.3 Å². The Morgan fingerprint density at radius 1 is 1.25 bits per heavy atom. The zero-order chi connectivity index (χ0) is 13.9. The predicted molar refractivity (Wildman–Crippen MR) is 85.2 cm³/mol. The second-order valence-electron chi connectivity index (χ2n) is 4.20. The predicted octanol–water partition coefficient (Wildman–Crippen LogP) is 3.69. The minimum absolute atomic E-state index is 0.459. The molecule has 0 unspecified atom stereocenters. The number of aromatic nitrogens is 2. The van der Waals surface area contributed by atoms with E-state index in [0.29, 0.717) is 5.95 Å². The van der Waals surface area contributed by atoms with Crippen molar-refractivity contribution in [3.8, 4) is 0 Å². The average Bonchev–Trinajstić information content (AvgIpc) is 2.91. The Morgan fingerprint density at radius 3 is 2.75 bits per heavy atom. The lowest BCUT2D eigenvalue weighted by Gasteiger charge is -2.04. The molecule has 0 saturated heterocycles. The van der Waals surface area contributed by atoms with Gasteiger partial charge in [0.05, 0.1) is 0 Å². The minimum Gasteiger partial charge on any atom is -0.292 e. The van der Waals surface area contributed by atoms with Crippen LogP contribution in [0.1, 0.15) is 11.8 Å². The number of hydrazine groups is 1. The fraction of sp³-hybridized carbons (Fsp3) is 0.143. The Labute approximate surface area is 125 Å². The van der Waals surface area contributed by atoms with E-state index in [2.05, 4.69) is 40.5 Å². The summed E-state index contributed by atoms with van der Waals surface area (Å²) in [5.74, 6) is 5.92. The van der Waals surface area contributed by atoms with Crippen molar-refractivity contribution in [2.45, 2.75) is 23.3 Å². The quantitative estimate of drug-likeness (QED) is 0.437. The van der Waals surface area contributed by atoms with Gasteiger partial charge in [0.2, 0.25) is 5.95 Å². The smallest absolute Gasteiger partial charge is 0.239 e. The summed E-state index contributed by atoms with van der Waals surface area (Å²) in [4.78, 5) is 12.3. The molecule has 0 amide bonds. The maximum Gasteiger partial charge on any atom is 0.239 e. The summed E-state index contributed by atoms with van der Waals surface area (Å²) >= 11 is 3.32. The van der Waals surface area contributed by atoms with Gasteiger partial charge in [0.25, 0.3) is 0 Å². The van der Waals surface area contributed by atoms with E-state index in [1.807, 2.05) is 18.2 Å². The molecule has 0 aliphatic rings. The Morgan fingerprint density at radius 2 is 2.05 bits per heavy atom. The molecule has 2 heterocycles. The molecular formula is C14H14N4S2. The van der Waals surface area contributed by atoms with Crippen LogP contribution >= 0.6 is 23.1 Å². The van der Waals surface area contributed by atoms with Gasteiger partial charge in [-0.25, -0.2) is 15.8 Å². The molecule has 1 aromatic carbocycles. The van der Waals surface area contributed by atoms with Gasteiger partial charge in [-0.2, -0.15) is 0 Å². The van der Waals surface area contributed by atoms with Gasteiger partial charge < -0.3 is 0 Å². The van der Waals surface area contributed by atoms with Crippen LogP contribution in [0.15, 0.2) is 46.3 Å². The van der Waals surface area contributed by atoms with Crippen LogP contribution in [-0.2, 0) is 6.42 Å². The third-order valence-electron chi connectivity index (χ3n) is 2.84. The number of rotatable bonds is 4. The number of benzene rings is 1. The minimum atomic E-state index is 0.459. The fourth-order valence-corrected chi connectivity index (χ4v) is 3.81. The topological polar surface area (TPSA) is 63.8 Å². The summed E-state index contributed by atoms with van der Waals surface area (Å²) in [7, 11) is 0. The summed E-state index contributed by atoms with van der Waals surface area (Å²) < 4.78 is 0. The number of nitrogens with two attached hydrogens (primary N) is 1. The number of nitrogens with one attached hydrogen (secondary N) is 1. The van der Waals surface area contributed by atoms with Crippen LogP contribution in [0.4, 0.5) is 5.95 Å². The monoisotopic (exact) mass is 302 g/mol. The third kappa shape index (κ3) is 2.63. The highest BCUT2D eigenvalue weighted by Gasteiger charge is 2.12. The molecule has 0 spiro atoms. The summed E-state index contributed by atoms with van der Waals surface area (Å²) in [5, 5.41) is 2.03. The first kappa shape index (κ1) is 13.4. The molecule has 3 N–H and O–H groups in total. The van der Waals surface area contributed by atoms with Crippen molar-refractivity contribution in [1.82, 2.24) is 9.97 Å². The fourth-order valence-electron chi connectivity index (χ4n) is 1.86. The highest BCUT2D eigenvalue weighted by molar-refractivity contribution is 7.99. The molecule has 0 aliphatic heterocycles. The number of hydrogen-bond acceptors (Lipinski definition) is 6. The molecule has 2 aromatic heterocycles. The molecule has 4 nitrogen and oxygen atoms in total. The molecule has 0 bridgehead atoms. The second kappa shape index (κ2) is 5.78. The molecular weight excluding hydrogens is 288 g/mol. The Hall–Kier alpha value is -1.63. The van der Waals surface area contributed by atoms with E-state index in [4.69, 9.17) is 5.84 Å². The standard InChI is InChI=1S/C14H14N4S2/c1-2-9-8-11-12(19-9)16-14(18-15)17-13(11)20-10-6-4-3-5-7-10/h3-8H,2,15H2,1H3,(H,16,17,18). The van der Waals surface area contributed by atoms with Gasteiger partial charge in [-0.05, 0) is 24.6 Å². The molecule has 0 fully saturated rings. The lowest BCUT2D eigenvalue weighted by molar-refractivity contribution is 1.08. The first-order valence-electron chi connectivity index (χ1n) is 6.30. The number of aryl methyl sites for hydroxylation is 1. The van der Waals surface area contributed by atoms with Crippen molar-refractivity contribution in [2.24, 2.45) is 5.84 Å². The van der Waals surface area contributed by atoms with Crippen molar-refractivity contribution in [2.75, 3.05) is 5.43 Å². The van der Waals surface area contributed by atoms with Crippen molar-refractivity contribution >= 4 is 39.3 Å². The number of thiophene rings is 1. The van der Waals surface area contributed by atoms with E-state index < -0.39 is 0 Å². The third-order valence-corrected chi connectivity index (χ3v) is 5.03. The van der Waals surface area contributed by atoms with E-state index in [9.17, 15) is 0 Å². The molecule has 20 heavy (non-hydrogen) atoms. The van der Waals surface area contributed by atoms with Crippen LogP contribution in [0.3, 0.4) is 0 Å². The molecule has 0 radical (unpaired) electrons. The zero-order valence-corrected chi connectivity index (χ0v) is 12.6. The maximum atomic E-state index is 5.46. The second-order valence-corrected chi connectivity index (χ2v) is 6.37. The normalized spacial score (nSPS) is 10.9. The summed E-state index contributed by atoms with van der Waals surface area (Å²) in [6.45, 7) is 2.14. The molecule has 3 rings (SSSR count). The molecule has 0 aliphatic carbocycles. The first-order valence-corrected chi connectivity index (χ1v) is 7.93. The highest BCUT2D eigenvalue weighted by Crippen LogP contribution is 2.35. The van der Waals surface area contributed by atoms with E-state index >= 15 is 0 Å². The van der Waals surface area contributed by atoms with E-state index in [1.54, 1.807) is 23.1 Å². The Balaban J connectivity index is 2.09. The Kier molecular flexibility index (Phi) is 3.86. The van der Waals surface area contributed by atoms with Crippen LogP contribution in [0.5, 0.6) is 0 Å². The number of anilines is 1. The van der Waals surface area contributed by atoms with Crippen LogP contribution in [0, 0.1) is 0 Å². The van der Waals surface area contributed by atoms with Gasteiger partial charge >= 0.3 is 0 Å². The molecule has 6 heteroatoms. The number of nitrogen functional groups attached to an aromatic ring is 1. The highest BCUT2D eigenvalue weighted by atomic mass is 32.2.